The van der Waals surface area contributed by atoms with Gasteiger partial charge >= 0.3 is 0 Å². The Kier molecular flexibility index (Phi) is 1030. The first-order valence-electron chi connectivity index (χ1n) is 1.92. The number of hydrogen-bond donors (Lipinski definition) is 4. The van der Waals surface area contributed by atoms with Crippen molar-refractivity contribution in [3.05, 3.63) is 0 Å². The van der Waals surface area contributed by atoms with Gasteiger partial charge in [0.15, 0.2) is 0 Å². The van der Waals surface area contributed by atoms with Crippen LogP contribution in [0.1, 0.15) is 6.92 Å². The molecule has 0 amide bonds. The van der Waals surface area contributed by atoms with Crippen LogP contribution >= 0.6 is 0 Å². The summed E-state index contributed by atoms with van der Waals surface area (Å²) in [5.41, 5.74) is 0. The van der Waals surface area contributed by atoms with Crippen LogP contribution in [0.3, 0.4) is 0 Å². The highest BCUT2D eigenvalue weighted by Crippen LogP contribution is 1.30. The van der Waals surface area contributed by atoms with Crippen molar-refractivity contribution in [2.75, 3.05) is 20.8 Å². The Morgan fingerprint density at radius 1 is 1.00 bits per heavy atom. The fourth-order valence-electron chi connectivity index (χ4n) is 0. The van der Waals surface area contributed by atoms with Crippen LogP contribution in [-0.2, 0) is 0 Å². The Morgan fingerprint density at radius 2 is 1.00 bits per heavy atom. The Hall–Kier alpha value is -0.160. The van der Waals surface area contributed by atoms with Crippen LogP contribution in [0, 0.1) is 0 Å². The molecule has 0 spiro atoms. The lowest BCUT2D eigenvalue weighted by atomic mass is 10.9. The van der Waals surface area contributed by atoms with E-state index in [0.29, 0.717) is 0 Å². The number of aliphatic hydroxyl groups is 3. The van der Waals surface area contributed by atoms with Gasteiger partial charge in [-0.25, -0.2) is 0 Å². The van der Waals surface area contributed by atoms with E-state index in [1.165, 1.54) is 0 Å². The van der Waals surface area contributed by atoms with Gasteiger partial charge in [-0.15, -0.1) is 0 Å². The van der Waals surface area contributed by atoms with Gasteiger partial charge in [-0.05, 0) is 6.92 Å². The molecule has 0 heterocycles. The van der Waals surface area contributed by atoms with E-state index in [1.807, 2.05) is 0 Å². The van der Waals surface area contributed by atoms with Crippen LogP contribution < -0.4 is 6.15 Å². The zero-order valence-electron chi connectivity index (χ0n) is 5.76. The van der Waals surface area contributed by atoms with Crippen molar-refractivity contribution in [1.82, 2.24) is 6.15 Å². The molecule has 0 atom stereocenters. The van der Waals surface area contributed by atoms with Gasteiger partial charge in [-0.1, -0.05) is 0 Å². The van der Waals surface area contributed by atoms with E-state index in [0.717, 1.165) is 14.2 Å². The minimum atomic E-state index is 0. The van der Waals surface area contributed by atoms with E-state index in [2.05, 4.69) is 0 Å². The minimum absolute atomic E-state index is 0. The third-order valence-electron chi connectivity index (χ3n) is 0. The highest BCUT2D eigenvalue weighted by atomic mass is 16.2. The molecule has 0 aliphatic rings. The summed E-state index contributed by atoms with van der Waals surface area (Å²) >= 11 is 0. The SMILES string of the molecule is CCO.CO.CO.N. The summed E-state index contributed by atoms with van der Waals surface area (Å²) in [5.74, 6) is 0. The third-order valence-corrected chi connectivity index (χ3v) is 0. The van der Waals surface area contributed by atoms with Crippen LogP contribution in [0.2, 0.25) is 0 Å². The van der Waals surface area contributed by atoms with Gasteiger partial charge < -0.3 is 21.5 Å². The lowest BCUT2D eigenvalue weighted by Crippen LogP contribution is -1.57. The first-order chi connectivity index (χ1) is 3.41. The topological polar surface area (TPSA) is 95.7 Å². The van der Waals surface area contributed by atoms with Gasteiger partial charge in [0.25, 0.3) is 0 Å². The zero-order valence-corrected chi connectivity index (χ0v) is 5.76. The maximum absolute atomic E-state index is 7.57. The molecule has 0 fully saturated rings. The van der Waals surface area contributed by atoms with Gasteiger partial charge in [0, 0.05) is 20.8 Å². The number of aliphatic hydroxyl groups excluding tert-OH is 3. The summed E-state index contributed by atoms with van der Waals surface area (Å²) < 4.78 is 0. The molecule has 56 valence electrons. The third kappa shape index (κ3) is 5340. The molecule has 0 rings (SSSR count). The van der Waals surface area contributed by atoms with Gasteiger partial charge in [0.05, 0.1) is 0 Å². The smallest absolute Gasteiger partial charge is 0.0402 e. The summed E-state index contributed by atoms with van der Waals surface area (Å²) in [6.45, 7) is 1.93. The lowest BCUT2D eigenvalue weighted by molar-refractivity contribution is 0.318. The second-order valence-corrected chi connectivity index (χ2v) is 0.316. The average molecular weight is 127 g/mol. The van der Waals surface area contributed by atoms with Crippen molar-refractivity contribution in [3.8, 4) is 0 Å². The van der Waals surface area contributed by atoms with E-state index in [1.54, 1.807) is 6.92 Å². The van der Waals surface area contributed by atoms with E-state index >= 15 is 0 Å². The first-order valence-corrected chi connectivity index (χ1v) is 1.92. The van der Waals surface area contributed by atoms with Gasteiger partial charge in [-0.2, -0.15) is 0 Å². The molecule has 4 heteroatoms. The predicted octanol–water partition coefficient (Wildman–Crippen LogP) is -0.622. The first kappa shape index (κ1) is 24.9. The quantitative estimate of drug-likeness (QED) is 0.348. The molecule has 4 nitrogen and oxygen atoms in total. The Balaban J connectivity index is -0.0000000147. The van der Waals surface area contributed by atoms with Crippen LogP contribution in [0.4, 0.5) is 0 Å². The molecule has 0 aromatic rings. The van der Waals surface area contributed by atoms with E-state index in [-0.39, 0.29) is 12.8 Å². The molecule has 0 bridgehead atoms. The van der Waals surface area contributed by atoms with E-state index in [9.17, 15) is 0 Å². The highest BCUT2D eigenvalue weighted by molar-refractivity contribution is 3.84. The van der Waals surface area contributed by atoms with Crippen LogP contribution in [-0.4, -0.2) is 36.1 Å². The normalized spacial score (nSPS) is 3.75. The Bertz CT molecular complexity index is 11.2. The van der Waals surface area contributed by atoms with Crippen molar-refractivity contribution >= 4 is 0 Å². The molecule has 0 aromatic carbocycles. The molecule has 0 unspecified atom stereocenters. The minimum Gasteiger partial charge on any atom is -0.400 e. The summed E-state index contributed by atoms with van der Waals surface area (Å²) in [7, 11) is 2.00. The maximum atomic E-state index is 7.57. The number of hydrogen-bond acceptors (Lipinski definition) is 4. The van der Waals surface area contributed by atoms with Gasteiger partial charge in [-0.3, -0.25) is 0 Å². The summed E-state index contributed by atoms with van der Waals surface area (Å²) in [5, 5.41) is 21.6. The summed E-state index contributed by atoms with van der Waals surface area (Å²) in [4.78, 5) is 0. The van der Waals surface area contributed by atoms with Crippen molar-refractivity contribution in [2.24, 2.45) is 0 Å². The molecule has 6 N–H and O–H groups in total. The molecule has 0 aliphatic heterocycles. The largest absolute Gasteiger partial charge is 0.400 e. The fourth-order valence-corrected chi connectivity index (χ4v) is 0. The van der Waals surface area contributed by atoms with Crippen molar-refractivity contribution in [3.63, 3.8) is 0 Å². The van der Waals surface area contributed by atoms with Crippen molar-refractivity contribution in [2.45, 2.75) is 6.92 Å². The fraction of sp³-hybridized carbons (Fsp3) is 1.00. The van der Waals surface area contributed by atoms with Gasteiger partial charge in [0.1, 0.15) is 0 Å². The summed E-state index contributed by atoms with van der Waals surface area (Å²) in [6.07, 6.45) is 0. The van der Waals surface area contributed by atoms with Crippen molar-refractivity contribution < 1.29 is 15.3 Å². The molecule has 0 saturated heterocycles. The Labute approximate surface area is 50.4 Å². The average Bonchev–Trinajstić information content (AvgIpc) is 1.78. The molecule has 8 heavy (non-hydrogen) atoms. The highest BCUT2D eigenvalue weighted by Gasteiger charge is 1.34. The molecular weight excluding hydrogens is 110 g/mol. The standard InChI is InChI=1S/C2H6O.2CH4O.H3N/c1-2-3;2*1-2;/h3H,2H2,1H3;2*2H,1H3;1H3. The monoisotopic (exact) mass is 127 g/mol. The molecule has 0 radical (unpaired) electrons. The van der Waals surface area contributed by atoms with E-state index in [4.69, 9.17) is 15.3 Å². The molecular formula is C4H17NO3. The predicted molar refractivity (Wildman–Crippen MR) is 34.1 cm³/mol. The summed E-state index contributed by atoms with van der Waals surface area (Å²) in [6, 6.07) is 0. The number of rotatable bonds is 0. The van der Waals surface area contributed by atoms with Crippen LogP contribution in [0.25, 0.3) is 0 Å². The van der Waals surface area contributed by atoms with Gasteiger partial charge in [0.2, 0.25) is 0 Å². The maximum Gasteiger partial charge on any atom is 0.0402 e. The molecule has 0 aliphatic carbocycles. The molecule has 0 aromatic heterocycles. The molecule has 0 saturated carbocycles. The van der Waals surface area contributed by atoms with Crippen LogP contribution in [0.15, 0.2) is 0 Å². The Morgan fingerprint density at radius 3 is 1.00 bits per heavy atom. The second-order valence-electron chi connectivity index (χ2n) is 0.316. The second kappa shape index (κ2) is 331. The van der Waals surface area contributed by atoms with E-state index < -0.39 is 0 Å². The lowest BCUT2D eigenvalue weighted by Gasteiger charge is -1.52. The van der Waals surface area contributed by atoms with Crippen LogP contribution in [0.5, 0.6) is 0 Å². The zero-order chi connectivity index (χ0) is 6.71. The van der Waals surface area contributed by atoms with Crippen molar-refractivity contribution in [1.29, 1.82) is 0 Å².